The van der Waals surface area contributed by atoms with Gasteiger partial charge in [-0.15, -0.1) is 0 Å². The molecular weight excluding hydrogens is 284 g/mol. The monoisotopic (exact) mass is 306 g/mol. The molecule has 114 valence electrons. The van der Waals surface area contributed by atoms with Gasteiger partial charge in [0.2, 0.25) is 0 Å². The fraction of sp³-hybridized carbons (Fsp3) is 0.688. The molecule has 21 heavy (non-hydrogen) atoms. The molecule has 3 atom stereocenters. The summed E-state index contributed by atoms with van der Waals surface area (Å²) in [5, 5.41) is 10.4. The molecule has 3 aliphatic rings. The fourth-order valence-corrected chi connectivity index (χ4v) is 5.34. The van der Waals surface area contributed by atoms with E-state index in [1.165, 1.54) is 31.2 Å². The highest BCUT2D eigenvalue weighted by Crippen LogP contribution is 2.60. The molecule has 0 aromatic carbocycles. The van der Waals surface area contributed by atoms with E-state index in [-0.39, 0.29) is 11.4 Å². The summed E-state index contributed by atoms with van der Waals surface area (Å²) in [7, 11) is 0. The maximum atomic E-state index is 12.2. The van der Waals surface area contributed by atoms with Gasteiger partial charge in [-0.1, -0.05) is 12.8 Å². The topological polar surface area (TPSA) is 50.4 Å². The molecule has 2 amide bonds. The van der Waals surface area contributed by atoms with Gasteiger partial charge in [0.05, 0.1) is 6.10 Å². The molecule has 4 rings (SSSR count). The number of nitrogens with one attached hydrogen (secondary N) is 2. The summed E-state index contributed by atoms with van der Waals surface area (Å²) in [5.41, 5.74) is 1.40. The number of rotatable bonds is 3. The number of carbonyl (C=O) groups excluding carboxylic acids is 1. The molecule has 3 fully saturated rings. The summed E-state index contributed by atoms with van der Waals surface area (Å²) >= 11 is 1.66. The normalized spacial score (nSPS) is 32.7. The predicted molar refractivity (Wildman–Crippen MR) is 82.2 cm³/mol. The Morgan fingerprint density at radius 1 is 1.43 bits per heavy atom. The van der Waals surface area contributed by atoms with Crippen LogP contribution in [0, 0.1) is 11.3 Å². The van der Waals surface area contributed by atoms with E-state index < -0.39 is 0 Å². The zero-order valence-corrected chi connectivity index (χ0v) is 13.0. The third-order valence-electron chi connectivity index (χ3n) is 5.61. The lowest BCUT2D eigenvalue weighted by molar-refractivity contribution is -0.126. The minimum absolute atomic E-state index is 0.0252. The summed E-state index contributed by atoms with van der Waals surface area (Å²) in [6, 6.07) is 2.34. The summed E-state index contributed by atoms with van der Waals surface area (Å²) in [4.78, 5) is 12.2. The van der Waals surface area contributed by atoms with E-state index >= 15 is 0 Å². The molecular formula is C16H22N2O2S. The fourth-order valence-electron chi connectivity index (χ4n) is 4.67. The molecule has 2 N–H and O–H groups in total. The number of fused-ring (bicyclic) bond motifs is 2. The van der Waals surface area contributed by atoms with Gasteiger partial charge in [-0.05, 0) is 41.7 Å². The molecule has 1 aromatic rings. The predicted octanol–water partition coefficient (Wildman–Crippen LogP) is 2.90. The van der Waals surface area contributed by atoms with E-state index in [9.17, 15) is 4.79 Å². The Morgan fingerprint density at radius 2 is 2.29 bits per heavy atom. The van der Waals surface area contributed by atoms with Gasteiger partial charge in [0.15, 0.2) is 0 Å². The number of urea groups is 1. The Hall–Kier alpha value is -1.07. The van der Waals surface area contributed by atoms with Crippen LogP contribution in [0.5, 0.6) is 0 Å². The maximum Gasteiger partial charge on any atom is 0.315 e. The van der Waals surface area contributed by atoms with Crippen molar-refractivity contribution in [1.29, 1.82) is 0 Å². The van der Waals surface area contributed by atoms with Crippen LogP contribution >= 0.6 is 11.3 Å². The number of amides is 2. The van der Waals surface area contributed by atoms with Gasteiger partial charge >= 0.3 is 6.03 Å². The lowest BCUT2D eigenvalue weighted by Crippen LogP contribution is -2.69. The summed E-state index contributed by atoms with van der Waals surface area (Å²) in [6.07, 6.45) is 6.49. The van der Waals surface area contributed by atoms with Crippen molar-refractivity contribution >= 4 is 17.4 Å². The molecule has 0 unspecified atom stereocenters. The zero-order valence-electron chi connectivity index (χ0n) is 12.1. The van der Waals surface area contributed by atoms with Crippen LogP contribution in [0.25, 0.3) is 0 Å². The smallest absolute Gasteiger partial charge is 0.315 e. The van der Waals surface area contributed by atoms with E-state index in [1.807, 2.05) is 11.4 Å². The molecule has 2 aliphatic carbocycles. The Labute approximate surface area is 129 Å². The second-order valence-electron chi connectivity index (χ2n) is 6.62. The lowest BCUT2D eigenvalue weighted by Gasteiger charge is -2.56. The van der Waals surface area contributed by atoms with Gasteiger partial charge in [0.1, 0.15) is 0 Å². The molecule has 0 radical (unpaired) electrons. The third-order valence-corrected chi connectivity index (χ3v) is 6.34. The second-order valence-corrected chi connectivity index (χ2v) is 7.40. The number of thiophene rings is 1. The second kappa shape index (κ2) is 5.29. The van der Waals surface area contributed by atoms with Crippen LogP contribution < -0.4 is 10.6 Å². The van der Waals surface area contributed by atoms with E-state index in [4.69, 9.17) is 4.74 Å². The zero-order chi connectivity index (χ0) is 14.3. The van der Waals surface area contributed by atoms with Crippen LogP contribution in [0.1, 0.15) is 37.7 Å². The number of hydrogen-bond acceptors (Lipinski definition) is 3. The lowest BCUT2D eigenvalue weighted by atomic mass is 9.54. The van der Waals surface area contributed by atoms with Crippen molar-refractivity contribution in [3.05, 3.63) is 22.4 Å². The van der Waals surface area contributed by atoms with Gasteiger partial charge in [-0.3, -0.25) is 0 Å². The van der Waals surface area contributed by atoms with Crippen molar-refractivity contribution in [1.82, 2.24) is 10.6 Å². The summed E-state index contributed by atoms with van der Waals surface area (Å²) in [5.74, 6) is 0.537. The molecule has 1 spiro atoms. The number of hydrogen-bond donors (Lipinski definition) is 2. The average molecular weight is 306 g/mol. The Morgan fingerprint density at radius 3 is 3.05 bits per heavy atom. The molecule has 2 heterocycles. The van der Waals surface area contributed by atoms with Crippen LogP contribution in [-0.4, -0.2) is 24.8 Å². The van der Waals surface area contributed by atoms with Crippen molar-refractivity contribution in [2.45, 2.75) is 50.8 Å². The van der Waals surface area contributed by atoms with Gasteiger partial charge in [0.25, 0.3) is 0 Å². The van der Waals surface area contributed by atoms with Crippen molar-refractivity contribution in [2.24, 2.45) is 11.3 Å². The average Bonchev–Trinajstić information content (AvgIpc) is 3.22. The first-order valence-electron chi connectivity index (χ1n) is 7.97. The molecule has 4 nitrogen and oxygen atoms in total. The molecule has 0 bridgehead atoms. The molecule has 2 saturated carbocycles. The Kier molecular flexibility index (Phi) is 3.42. The Balaban J connectivity index is 1.38. The van der Waals surface area contributed by atoms with E-state index in [1.54, 1.807) is 11.3 Å². The molecule has 1 aliphatic heterocycles. The highest BCUT2D eigenvalue weighted by molar-refractivity contribution is 7.07. The van der Waals surface area contributed by atoms with Crippen molar-refractivity contribution in [3.8, 4) is 0 Å². The first kappa shape index (κ1) is 13.6. The molecule has 1 saturated heterocycles. The van der Waals surface area contributed by atoms with Gasteiger partial charge in [-0.25, -0.2) is 4.79 Å². The van der Waals surface area contributed by atoms with Crippen molar-refractivity contribution in [2.75, 3.05) is 6.61 Å². The highest BCUT2D eigenvalue weighted by Gasteiger charge is 2.65. The van der Waals surface area contributed by atoms with Crippen molar-refractivity contribution < 1.29 is 9.53 Å². The van der Waals surface area contributed by atoms with Gasteiger partial charge in [0, 0.05) is 30.5 Å². The number of carbonyl (C=O) groups is 1. The van der Waals surface area contributed by atoms with Crippen LogP contribution in [0.2, 0.25) is 0 Å². The van der Waals surface area contributed by atoms with Crippen LogP contribution in [-0.2, 0) is 11.3 Å². The standard InChI is InChI=1S/C16H22N2O2S/c19-15(17-9-11-4-8-21-10-11)18-13-12-3-7-20-14(12)16(13)5-1-2-6-16/h4,8,10,12-14H,1-3,5-7,9H2,(H2,17,18,19)/t12-,13-,14+/m1/s1. The third kappa shape index (κ3) is 2.18. The van der Waals surface area contributed by atoms with Crippen LogP contribution in [0.15, 0.2) is 16.8 Å². The molecule has 1 aromatic heterocycles. The SMILES string of the molecule is O=C(NCc1ccsc1)N[C@@H]1[C@H]2CCO[C@@H]2C12CCCC2. The van der Waals surface area contributed by atoms with Crippen LogP contribution in [0.3, 0.4) is 0 Å². The van der Waals surface area contributed by atoms with Crippen molar-refractivity contribution in [3.63, 3.8) is 0 Å². The minimum Gasteiger partial charge on any atom is -0.377 e. The largest absolute Gasteiger partial charge is 0.377 e. The Bertz CT molecular complexity index is 510. The maximum absolute atomic E-state index is 12.2. The van der Waals surface area contributed by atoms with E-state index in [2.05, 4.69) is 16.0 Å². The summed E-state index contributed by atoms with van der Waals surface area (Å²) < 4.78 is 5.95. The van der Waals surface area contributed by atoms with E-state index in [0.29, 0.717) is 24.6 Å². The van der Waals surface area contributed by atoms with E-state index in [0.717, 1.165) is 13.0 Å². The highest BCUT2D eigenvalue weighted by atomic mass is 32.1. The van der Waals surface area contributed by atoms with Gasteiger partial charge in [-0.2, -0.15) is 11.3 Å². The quantitative estimate of drug-likeness (QED) is 0.902. The molecule has 5 heteroatoms. The minimum atomic E-state index is -0.0252. The summed E-state index contributed by atoms with van der Waals surface area (Å²) in [6.45, 7) is 1.48. The van der Waals surface area contributed by atoms with Crippen LogP contribution in [0.4, 0.5) is 4.79 Å². The first-order chi connectivity index (χ1) is 10.3. The first-order valence-corrected chi connectivity index (χ1v) is 8.91. The van der Waals surface area contributed by atoms with Gasteiger partial charge < -0.3 is 15.4 Å². The number of ether oxygens (including phenoxy) is 1.